The zero-order valence-corrected chi connectivity index (χ0v) is 15.3. The van der Waals surface area contributed by atoms with Crippen LogP contribution in [0.25, 0.3) is 0 Å². The van der Waals surface area contributed by atoms with Gasteiger partial charge in [0, 0.05) is 25.7 Å². The molecule has 0 radical (unpaired) electrons. The molecule has 4 rings (SSSR count). The summed E-state index contributed by atoms with van der Waals surface area (Å²) in [6.07, 6.45) is 4.77. The van der Waals surface area contributed by atoms with Crippen molar-refractivity contribution in [2.75, 3.05) is 36.1 Å². The molecule has 2 aromatic rings. The van der Waals surface area contributed by atoms with E-state index in [0.717, 1.165) is 56.3 Å². The number of benzene rings is 1. The number of anilines is 2. The van der Waals surface area contributed by atoms with Crippen LogP contribution in [0.1, 0.15) is 30.9 Å². The topological polar surface area (TPSA) is 61.7 Å². The minimum Gasteiger partial charge on any atom is -0.494 e. The molecule has 0 spiro atoms. The Bertz CT molecular complexity index is 767. The quantitative estimate of drug-likeness (QED) is 0.890. The zero-order valence-electron chi connectivity index (χ0n) is 15.3. The molecule has 0 aliphatic carbocycles. The van der Waals surface area contributed by atoms with Gasteiger partial charge in [0.25, 0.3) is 0 Å². The summed E-state index contributed by atoms with van der Waals surface area (Å²) in [6.45, 7) is 5.58. The third kappa shape index (κ3) is 3.33. The molecule has 3 heterocycles. The van der Waals surface area contributed by atoms with Crippen LogP contribution in [-0.4, -0.2) is 47.4 Å². The van der Waals surface area contributed by atoms with Crippen LogP contribution in [0.4, 0.5) is 11.6 Å². The molecule has 1 atom stereocenters. The summed E-state index contributed by atoms with van der Waals surface area (Å²) >= 11 is 0. The van der Waals surface area contributed by atoms with Crippen molar-refractivity contribution in [3.05, 3.63) is 41.7 Å². The first-order valence-electron chi connectivity index (χ1n) is 9.47. The molecule has 138 valence electrons. The van der Waals surface area contributed by atoms with Crippen molar-refractivity contribution >= 4 is 11.6 Å². The van der Waals surface area contributed by atoms with Crippen molar-refractivity contribution in [1.82, 2.24) is 9.97 Å². The maximum Gasteiger partial charge on any atom is 0.134 e. The number of hydrogen-bond donors (Lipinski definition) is 1. The number of aromatic nitrogens is 2. The van der Waals surface area contributed by atoms with Crippen LogP contribution >= 0.6 is 0 Å². The Hall–Kier alpha value is -2.34. The van der Waals surface area contributed by atoms with E-state index in [4.69, 9.17) is 4.74 Å². The molecule has 1 N–H and O–H groups in total. The fraction of sp³-hybridized carbons (Fsp3) is 0.500. The van der Waals surface area contributed by atoms with Gasteiger partial charge in [-0.3, -0.25) is 0 Å². The summed E-state index contributed by atoms with van der Waals surface area (Å²) in [4.78, 5) is 13.5. The normalized spacial score (nSPS) is 19.5. The SMILES string of the molecule is CCOc1ccc2c(c1)CN(c1cc(N3CCCC3CO)ncn1)CC2. The van der Waals surface area contributed by atoms with Crippen molar-refractivity contribution < 1.29 is 9.84 Å². The predicted molar refractivity (Wildman–Crippen MR) is 102 cm³/mol. The Kier molecular flexibility index (Phi) is 4.93. The monoisotopic (exact) mass is 354 g/mol. The molecule has 6 nitrogen and oxygen atoms in total. The summed E-state index contributed by atoms with van der Waals surface area (Å²) in [5.74, 6) is 2.80. The molecular formula is C20H26N4O2. The Morgan fingerprint density at radius 1 is 1.15 bits per heavy atom. The van der Waals surface area contributed by atoms with Gasteiger partial charge in [0.2, 0.25) is 0 Å². The third-order valence-corrected chi connectivity index (χ3v) is 5.35. The molecule has 1 aromatic carbocycles. The number of aliphatic hydroxyl groups is 1. The van der Waals surface area contributed by atoms with Gasteiger partial charge in [-0.2, -0.15) is 0 Å². The maximum atomic E-state index is 9.59. The standard InChI is InChI=1S/C20H26N4O2/c1-2-26-18-6-5-15-7-9-23(12-16(15)10-18)19-11-20(22-14-21-19)24-8-3-4-17(24)13-25/h5-6,10-11,14,17,25H,2-4,7-9,12-13H2,1H3. The highest BCUT2D eigenvalue weighted by Crippen LogP contribution is 2.29. The number of hydrogen-bond acceptors (Lipinski definition) is 6. The van der Waals surface area contributed by atoms with Crippen molar-refractivity contribution in [2.24, 2.45) is 0 Å². The Morgan fingerprint density at radius 2 is 2.04 bits per heavy atom. The molecule has 26 heavy (non-hydrogen) atoms. The van der Waals surface area contributed by atoms with Gasteiger partial charge in [-0.25, -0.2) is 9.97 Å². The van der Waals surface area contributed by atoms with E-state index >= 15 is 0 Å². The minimum absolute atomic E-state index is 0.175. The lowest BCUT2D eigenvalue weighted by Crippen LogP contribution is -2.34. The number of aliphatic hydroxyl groups excluding tert-OH is 1. The largest absolute Gasteiger partial charge is 0.494 e. The highest BCUT2D eigenvalue weighted by molar-refractivity contribution is 5.53. The number of ether oxygens (including phenoxy) is 1. The number of rotatable bonds is 5. The van der Waals surface area contributed by atoms with Gasteiger partial charge in [0.05, 0.1) is 19.3 Å². The van der Waals surface area contributed by atoms with E-state index < -0.39 is 0 Å². The van der Waals surface area contributed by atoms with Crippen molar-refractivity contribution in [3.8, 4) is 5.75 Å². The van der Waals surface area contributed by atoms with Gasteiger partial charge < -0.3 is 19.6 Å². The molecule has 1 unspecified atom stereocenters. The Balaban J connectivity index is 1.55. The number of fused-ring (bicyclic) bond motifs is 1. The highest BCUT2D eigenvalue weighted by Gasteiger charge is 2.26. The minimum atomic E-state index is 0.175. The molecule has 2 aliphatic rings. The lowest BCUT2D eigenvalue weighted by molar-refractivity contribution is 0.266. The van der Waals surface area contributed by atoms with Crippen LogP contribution in [0.5, 0.6) is 5.75 Å². The first-order chi connectivity index (χ1) is 12.8. The summed E-state index contributed by atoms with van der Waals surface area (Å²) in [5.41, 5.74) is 2.69. The van der Waals surface area contributed by atoms with Crippen LogP contribution in [0.3, 0.4) is 0 Å². The molecule has 0 saturated carbocycles. The maximum absolute atomic E-state index is 9.59. The second-order valence-corrected chi connectivity index (χ2v) is 6.94. The Morgan fingerprint density at radius 3 is 2.88 bits per heavy atom. The van der Waals surface area contributed by atoms with Gasteiger partial charge in [0.1, 0.15) is 23.7 Å². The van der Waals surface area contributed by atoms with E-state index in [-0.39, 0.29) is 12.6 Å². The lowest BCUT2D eigenvalue weighted by Gasteiger charge is -2.31. The van der Waals surface area contributed by atoms with Crippen molar-refractivity contribution in [1.29, 1.82) is 0 Å². The summed E-state index contributed by atoms with van der Waals surface area (Å²) in [7, 11) is 0. The highest BCUT2D eigenvalue weighted by atomic mass is 16.5. The molecule has 6 heteroatoms. The molecular weight excluding hydrogens is 328 g/mol. The van der Waals surface area contributed by atoms with Crippen molar-refractivity contribution in [2.45, 2.75) is 38.8 Å². The summed E-state index contributed by atoms with van der Waals surface area (Å²) < 4.78 is 5.65. The second kappa shape index (κ2) is 7.50. The predicted octanol–water partition coefficient (Wildman–Crippen LogP) is 2.40. The van der Waals surface area contributed by atoms with Gasteiger partial charge in [-0.15, -0.1) is 0 Å². The molecule has 0 bridgehead atoms. The molecule has 1 saturated heterocycles. The zero-order chi connectivity index (χ0) is 17.9. The molecule has 1 aromatic heterocycles. The van der Waals surface area contributed by atoms with Crippen LogP contribution in [-0.2, 0) is 13.0 Å². The fourth-order valence-electron chi connectivity index (χ4n) is 3.98. The van der Waals surface area contributed by atoms with Crippen molar-refractivity contribution in [3.63, 3.8) is 0 Å². The third-order valence-electron chi connectivity index (χ3n) is 5.35. The van der Waals surface area contributed by atoms with E-state index in [1.807, 2.05) is 6.92 Å². The lowest BCUT2D eigenvalue weighted by atomic mass is 9.99. The molecule has 0 amide bonds. The number of nitrogens with zero attached hydrogens (tertiary/aromatic N) is 4. The van der Waals surface area contributed by atoms with Crippen LogP contribution in [0.2, 0.25) is 0 Å². The van der Waals surface area contributed by atoms with Gasteiger partial charge in [-0.05, 0) is 49.4 Å². The smallest absolute Gasteiger partial charge is 0.134 e. The molecule has 1 fully saturated rings. The Labute approximate surface area is 154 Å². The van der Waals surface area contributed by atoms with Crippen LogP contribution in [0, 0.1) is 0 Å². The second-order valence-electron chi connectivity index (χ2n) is 6.94. The van der Waals surface area contributed by atoms with E-state index in [1.165, 1.54) is 11.1 Å². The van der Waals surface area contributed by atoms with E-state index in [0.29, 0.717) is 6.61 Å². The van der Waals surface area contributed by atoms with E-state index in [2.05, 4.69) is 44.0 Å². The first-order valence-corrected chi connectivity index (χ1v) is 9.47. The van der Waals surface area contributed by atoms with Gasteiger partial charge in [0.15, 0.2) is 0 Å². The van der Waals surface area contributed by atoms with E-state index in [9.17, 15) is 5.11 Å². The van der Waals surface area contributed by atoms with Gasteiger partial charge >= 0.3 is 0 Å². The van der Waals surface area contributed by atoms with E-state index in [1.54, 1.807) is 6.33 Å². The average molecular weight is 354 g/mol. The van der Waals surface area contributed by atoms with Crippen LogP contribution < -0.4 is 14.5 Å². The summed E-state index contributed by atoms with van der Waals surface area (Å²) in [5, 5.41) is 9.59. The first kappa shape index (κ1) is 17.1. The van der Waals surface area contributed by atoms with Gasteiger partial charge in [-0.1, -0.05) is 6.07 Å². The summed E-state index contributed by atoms with van der Waals surface area (Å²) in [6, 6.07) is 8.62. The fourth-order valence-corrected chi connectivity index (χ4v) is 3.98. The molecule has 2 aliphatic heterocycles. The van der Waals surface area contributed by atoms with Crippen LogP contribution in [0.15, 0.2) is 30.6 Å². The average Bonchev–Trinajstić information content (AvgIpc) is 3.17.